The molecule has 1 aromatic heterocycles. The lowest BCUT2D eigenvalue weighted by Crippen LogP contribution is -2.26. The van der Waals surface area contributed by atoms with Crippen LogP contribution in [-0.2, 0) is 16.6 Å². The van der Waals surface area contributed by atoms with Gasteiger partial charge in [0, 0.05) is 11.9 Å². The molecule has 6 heteroatoms. The molecule has 0 fully saturated rings. The molecule has 0 aliphatic rings. The van der Waals surface area contributed by atoms with Crippen molar-refractivity contribution in [2.45, 2.75) is 13.0 Å². The molecule has 0 aliphatic heterocycles. The first-order valence-corrected chi connectivity index (χ1v) is 8.06. The van der Waals surface area contributed by atoms with Gasteiger partial charge in [-0.15, -0.1) is 0 Å². The summed E-state index contributed by atoms with van der Waals surface area (Å²) in [6.07, 6.45) is 1.90. The number of sulfonamides is 1. The van der Waals surface area contributed by atoms with Gasteiger partial charge in [-0.1, -0.05) is 18.2 Å². The van der Waals surface area contributed by atoms with Gasteiger partial charge in [-0.25, -0.2) is 13.1 Å². The van der Waals surface area contributed by atoms with E-state index in [1.54, 1.807) is 0 Å². The van der Waals surface area contributed by atoms with Gasteiger partial charge in [0.2, 0.25) is 10.0 Å². The van der Waals surface area contributed by atoms with E-state index in [4.69, 9.17) is 4.42 Å². The van der Waals surface area contributed by atoms with Crippen LogP contribution in [-0.4, -0.2) is 27.8 Å². The van der Waals surface area contributed by atoms with Crippen LogP contribution in [0.3, 0.4) is 0 Å². The fourth-order valence-corrected chi connectivity index (χ4v) is 2.32. The fraction of sp³-hybridized carbons (Fsp3) is 0.385. The third-order valence-corrected chi connectivity index (χ3v) is 3.40. The zero-order valence-electron chi connectivity index (χ0n) is 10.8. The first-order valence-electron chi connectivity index (χ1n) is 6.17. The Morgan fingerprint density at radius 2 is 2.00 bits per heavy atom. The summed E-state index contributed by atoms with van der Waals surface area (Å²) in [6.45, 7) is 1.83. The summed E-state index contributed by atoms with van der Waals surface area (Å²) in [4.78, 5) is 0. The van der Waals surface area contributed by atoms with Gasteiger partial charge in [-0.3, -0.25) is 0 Å². The molecule has 0 radical (unpaired) electrons. The van der Waals surface area contributed by atoms with Crippen molar-refractivity contribution in [3.05, 3.63) is 36.1 Å². The van der Waals surface area contributed by atoms with Crippen LogP contribution >= 0.6 is 0 Å². The Balaban J connectivity index is 1.71. The SMILES string of the molecule is CS(=O)(=O)NCCCNCc1cc2ccccc2o1. The molecule has 2 rings (SSSR count). The summed E-state index contributed by atoms with van der Waals surface area (Å²) in [7, 11) is -3.08. The van der Waals surface area contributed by atoms with Gasteiger partial charge in [0.1, 0.15) is 11.3 Å². The number of hydrogen-bond acceptors (Lipinski definition) is 4. The Labute approximate surface area is 113 Å². The lowest BCUT2D eigenvalue weighted by atomic mass is 10.2. The minimum absolute atomic E-state index is 0.450. The summed E-state index contributed by atoms with van der Waals surface area (Å²) in [5.41, 5.74) is 0.887. The number of rotatable bonds is 7. The van der Waals surface area contributed by atoms with Gasteiger partial charge in [0.15, 0.2) is 0 Å². The highest BCUT2D eigenvalue weighted by molar-refractivity contribution is 7.88. The lowest BCUT2D eigenvalue weighted by molar-refractivity contribution is 0.509. The van der Waals surface area contributed by atoms with Crippen molar-refractivity contribution in [3.63, 3.8) is 0 Å². The molecule has 0 spiro atoms. The summed E-state index contributed by atoms with van der Waals surface area (Å²) in [5.74, 6) is 0.886. The predicted octanol–water partition coefficient (Wildman–Crippen LogP) is 1.46. The molecule has 1 aromatic carbocycles. The standard InChI is InChI=1S/C13H18N2O3S/c1-19(16,17)15-8-4-7-14-10-12-9-11-5-2-3-6-13(11)18-12/h2-3,5-6,9,14-15H,4,7-8,10H2,1H3. The maximum Gasteiger partial charge on any atom is 0.208 e. The monoisotopic (exact) mass is 282 g/mol. The molecule has 5 nitrogen and oxygen atoms in total. The Hall–Kier alpha value is -1.37. The largest absolute Gasteiger partial charge is 0.460 e. The van der Waals surface area contributed by atoms with E-state index >= 15 is 0 Å². The summed E-state index contributed by atoms with van der Waals surface area (Å²) >= 11 is 0. The average molecular weight is 282 g/mol. The molecule has 104 valence electrons. The number of fused-ring (bicyclic) bond motifs is 1. The van der Waals surface area contributed by atoms with E-state index in [-0.39, 0.29) is 0 Å². The van der Waals surface area contributed by atoms with E-state index in [1.165, 1.54) is 0 Å². The molecule has 0 saturated carbocycles. The maximum atomic E-state index is 10.8. The average Bonchev–Trinajstić information content (AvgIpc) is 2.74. The van der Waals surface area contributed by atoms with E-state index in [1.807, 2.05) is 30.3 Å². The van der Waals surface area contributed by atoms with Crippen LogP contribution in [0, 0.1) is 0 Å². The van der Waals surface area contributed by atoms with Crippen molar-refractivity contribution in [2.24, 2.45) is 0 Å². The second-order valence-electron chi connectivity index (χ2n) is 4.45. The smallest absolute Gasteiger partial charge is 0.208 e. The highest BCUT2D eigenvalue weighted by atomic mass is 32.2. The van der Waals surface area contributed by atoms with Crippen LogP contribution < -0.4 is 10.0 Å². The summed E-state index contributed by atoms with van der Waals surface area (Å²) in [6, 6.07) is 9.89. The Kier molecular flexibility index (Phi) is 4.57. The third-order valence-electron chi connectivity index (χ3n) is 2.67. The van der Waals surface area contributed by atoms with Crippen LogP contribution in [0.4, 0.5) is 0 Å². The third kappa shape index (κ3) is 4.66. The number of hydrogen-bond donors (Lipinski definition) is 2. The fourth-order valence-electron chi connectivity index (χ4n) is 1.81. The van der Waals surface area contributed by atoms with Crippen molar-refractivity contribution >= 4 is 21.0 Å². The molecule has 0 saturated heterocycles. The molecule has 0 atom stereocenters. The second-order valence-corrected chi connectivity index (χ2v) is 6.28. The number of para-hydroxylation sites is 1. The molecule has 2 aromatic rings. The Bertz CT molecular complexity index is 601. The minimum Gasteiger partial charge on any atom is -0.460 e. The summed E-state index contributed by atoms with van der Waals surface area (Å²) < 4.78 is 29.8. The van der Waals surface area contributed by atoms with Gasteiger partial charge in [-0.2, -0.15) is 0 Å². The molecule has 0 amide bonds. The molecular formula is C13H18N2O3S. The lowest BCUT2D eigenvalue weighted by Gasteiger charge is -2.03. The Morgan fingerprint density at radius 1 is 1.21 bits per heavy atom. The zero-order chi connectivity index (χ0) is 13.7. The molecular weight excluding hydrogens is 264 g/mol. The van der Waals surface area contributed by atoms with E-state index in [0.29, 0.717) is 13.1 Å². The topological polar surface area (TPSA) is 71.3 Å². The van der Waals surface area contributed by atoms with E-state index in [2.05, 4.69) is 10.0 Å². The van der Waals surface area contributed by atoms with Crippen molar-refractivity contribution in [1.29, 1.82) is 0 Å². The van der Waals surface area contributed by atoms with Crippen LogP contribution in [0.5, 0.6) is 0 Å². The molecule has 1 heterocycles. The van der Waals surface area contributed by atoms with Gasteiger partial charge < -0.3 is 9.73 Å². The van der Waals surface area contributed by atoms with Gasteiger partial charge in [0.05, 0.1) is 12.8 Å². The van der Waals surface area contributed by atoms with Crippen molar-refractivity contribution in [3.8, 4) is 0 Å². The zero-order valence-corrected chi connectivity index (χ0v) is 11.7. The van der Waals surface area contributed by atoms with Crippen molar-refractivity contribution in [1.82, 2.24) is 10.0 Å². The second kappa shape index (κ2) is 6.18. The number of nitrogens with one attached hydrogen (secondary N) is 2. The quantitative estimate of drug-likeness (QED) is 0.754. The highest BCUT2D eigenvalue weighted by Gasteiger charge is 2.02. The molecule has 0 bridgehead atoms. The Morgan fingerprint density at radius 3 is 2.74 bits per heavy atom. The van der Waals surface area contributed by atoms with Crippen LogP contribution in [0.2, 0.25) is 0 Å². The predicted molar refractivity (Wildman–Crippen MR) is 75.4 cm³/mol. The van der Waals surface area contributed by atoms with Gasteiger partial charge in [-0.05, 0) is 25.1 Å². The molecule has 0 unspecified atom stereocenters. The molecule has 2 N–H and O–H groups in total. The van der Waals surface area contributed by atoms with Crippen LogP contribution in [0.25, 0.3) is 11.0 Å². The minimum atomic E-state index is -3.08. The van der Waals surface area contributed by atoms with Gasteiger partial charge in [0.25, 0.3) is 0 Å². The van der Waals surface area contributed by atoms with E-state index < -0.39 is 10.0 Å². The van der Waals surface area contributed by atoms with Crippen molar-refractivity contribution < 1.29 is 12.8 Å². The first kappa shape index (κ1) is 14.0. The van der Waals surface area contributed by atoms with E-state index in [9.17, 15) is 8.42 Å². The van der Waals surface area contributed by atoms with E-state index in [0.717, 1.165) is 36.0 Å². The highest BCUT2D eigenvalue weighted by Crippen LogP contribution is 2.18. The molecule has 0 aliphatic carbocycles. The first-order chi connectivity index (χ1) is 9.04. The van der Waals surface area contributed by atoms with Crippen LogP contribution in [0.15, 0.2) is 34.7 Å². The summed E-state index contributed by atoms with van der Waals surface area (Å²) in [5, 5.41) is 4.32. The molecule has 19 heavy (non-hydrogen) atoms. The van der Waals surface area contributed by atoms with Gasteiger partial charge >= 0.3 is 0 Å². The number of benzene rings is 1. The van der Waals surface area contributed by atoms with Crippen LogP contribution in [0.1, 0.15) is 12.2 Å². The normalized spacial score (nSPS) is 12.1. The van der Waals surface area contributed by atoms with Crippen molar-refractivity contribution in [2.75, 3.05) is 19.3 Å². The number of furan rings is 1. The maximum absolute atomic E-state index is 10.8.